The molecule has 1 amide bonds. The third-order valence-electron chi connectivity index (χ3n) is 5.42. The molecule has 0 spiro atoms. The van der Waals surface area contributed by atoms with Crippen molar-refractivity contribution >= 4 is 28.4 Å². The van der Waals surface area contributed by atoms with E-state index in [0.29, 0.717) is 0 Å². The Balaban J connectivity index is 1.65. The molecule has 1 fully saturated rings. The highest BCUT2D eigenvalue weighted by Gasteiger charge is 2.12. The number of fused-ring (bicyclic) bond motifs is 1. The van der Waals surface area contributed by atoms with Crippen LogP contribution in [0, 0.1) is 0 Å². The van der Waals surface area contributed by atoms with Gasteiger partial charge in [0.2, 0.25) is 5.91 Å². The lowest BCUT2D eigenvalue weighted by Crippen LogP contribution is -2.29. The first-order valence-corrected chi connectivity index (χ1v) is 9.54. The van der Waals surface area contributed by atoms with E-state index >= 15 is 0 Å². The summed E-state index contributed by atoms with van der Waals surface area (Å²) in [5.41, 5.74) is 9.75. The van der Waals surface area contributed by atoms with Crippen LogP contribution in [0.15, 0.2) is 54.6 Å². The molecule has 27 heavy (non-hydrogen) atoms. The van der Waals surface area contributed by atoms with E-state index in [0.717, 1.165) is 30.0 Å². The summed E-state index contributed by atoms with van der Waals surface area (Å²) in [6, 6.07) is 17.4. The quantitative estimate of drug-likeness (QED) is 0.705. The number of carbonyl (C=O) groups is 1. The monoisotopic (exact) mass is 359 g/mol. The molecule has 4 nitrogen and oxygen atoms in total. The number of aromatic nitrogens is 1. The Kier molecular flexibility index (Phi) is 4.71. The number of nitrogens with zero attached hydrogens (tertiary/aromatic N) is 2. The Bertz CT molecular complexity index is 1010. The number of rotatable bonds is 4. The number of hydrogen-bond acceptors (Lipinski definition) is 2. The van der Waals surface area contributed by atoms with Crippen LogP contribution in [0.3, 0.4) is 0 Å². The Hall–Kier alpha value is -3.01. The van der Waals surface area contributed by atoms with Crippen molar-refractivity contribution in [2.45, 2.75) is 19.3 Å². The van der Waals surface area contributed by atoms with Gasteiger partial charge in [-0.15, -0.1) is 0 Å². The normalized spacial score (nSPS) is 14.9. The lowest BCUT2D eigenvalue weighted by Gasteiger charge is -2.29. The molecular formula is C23H25N3O. The fourth-order valence-corrected chi connectivity index (χ4v) is 3.89. The van der Waals surface area contributed by atoms with Crippen molar-refractivity contribution in [1.29, 1.82) is 0 Å². The standard InChI is InChI=1S/C23H25N3O/c1-25-20(10-12-23(24)27)9-11-22(25)19-6-5-18-16-21(8-7-17(18)15-19)26-13-3-2-4-14-26/h5-12,15-16H,2-4,13-14H2,1H3,(H2,24,27). The zero-order valence-corrected chi connectivity index (χ0v) is 15.7. The molecule has 0 saturated carbocycles. The molecule has 2 aromatic carbocycles. The van der Waals surface area contributed by atoms with Gasteiger partial charge in [0.25, 0.3) is 0 Å². The van der Waals surface area contributed by atoms with E-state index in [1.54, 1.807) is 6.08 Å². The predicted octanol–water partition coefficient (Wildman–Crippen LogP) is 4.33. The zero-order chi connectivity index (χ0) is 18.8. The van der Waals surface area contributed by atoms with Crippen LogP contribution in [-0.2, 0) is 11.8 Å². The second kappa shape index (κ2) is 7.31. The van der Waals surface area contributed by atoms with Crippen molar-refractivity contribution in [3.63, 3.8) is 0 Å². The zero-order valence-electron chi connectivity index (χ0n) is 15.7. The maximum Gasteiger partial charge on any atom is 0.241 e. The number of carbonyl (C=O) groups excluding carboxylic acids is 1. The third kappa shape index (κ3) is 3.61. The lowest BCUT2D eigenvalue weighted by molar-refractivity contribution is -0.113. The first-order chi connectivity index (χ1) is 13.1. The van der Waals surface area contributed by atoms with Gasteiger partial charge in [-0.3, -0.25) is 4.79 Å². The number of amides is 1. The molecule has 3 aromatic rings. The van der Waals surface area contributed by atoms with Crippen molar-refractivity contribution in [3.8, 4) is 11.3 Å². The molecule has 2 heterocycles. The highest BCUT2D eigenvalue weighted by atomic mass is 16.1. The summed E-state index contributed by atoms with van der Waals surface area (Å²) in [6.45, 7) is 2.32. The van der Waals surface area contributed by atoms with Crippen molar-refractivity contribution in [1.82, 2.24) is 4.57 Å². The van der Waals surface area contributed by atoms with Crippen LogP contribution >= 0.6 is 0 Å². The van der Waals surface area contributed by atoms with Gasteiger partial charge in [-0.05, 0) is 72.0 Å². The van der Waals surface area contributed by atoms with Crippen LogP contribution in [0.25, 0.3) is 28.1 Å². The smallest absolute Gasteiger partial charge is 0.241 e. The van der Waals surface area contributed by atoms with Crippen molar-refractivity contribution in [2.24, 2.45) is 12.8 Å². The maximum atomic E-state index is 11.0. The van der Waals surface area contributed by atoms with E-state index < -0.39 is 5.91 Å². The van der Waals surface area contributed by atoms with Crippen LogP contribution in [0.4, 0.5) is 5.69 Å². The number of primary amides is 1. The Morgan fingerprint density at radius 2 is 1.70 bits per heavy atom. The van der Waals surface area contributed by atoms with Gasteiger partial charge in [-0.2, -0.15) is 0 Å². The average Bonchev–Trinajstić information content (AvgIpc) is 3.06. The van der Waals surface area contributed by atoms with Gasteiger partial charge in [0.1, 0.15) is 0 Å². The number of hydrogen-bond donors (Lipinski definition) is 1. The van der Waals surface area contributed by atoms with E-state index in [1.807, 2.05) is 13.1 Å². The second-order valence-corrected chi connectivity index (χ2v) is 7.23. The molecule has 1 aliphatic rings. The molecule has 0 atom stereocenters. The fourth-order valence-electron chi connectivity index (χ4n) is 3.89. The first kappa shape index (κ1) is 17.4. The van der Waals surface area contributed by atoms with Gasteiger partial charge >= 0.3 is 0 Å². The summed E-state index contributed by atoms with van der Waals surface area (Å²) in [4.78, 5) is 13.5. The Labute approximate surface area is 159 Å². The van der Waals surface area contributed by atoms with Crippen LogP contribution in [0.2, 0.25) is 0 Å². The minimum absolute atomic E-state index is 0.437. The number of piperidine rings is 1. The molecule has 138 valence electrons. The maximum absolute atomic E-state index is 11.0. The van der Waals surface area contributed by atoms with Crippen LogP contribution in [-0.4, -0.2) is 23.6 Å². The molecule has 1 aromatic heterocycles. The summed E-state index contributed by atoms with van der Waals surface area (Å²) in [7, 11) is 2.00. The van der Waals surface area contributed by atoms with Gasteiger partial charge in [0.15, 0.2) is 0 Å². The Morgan fingerprint density at radius 1 is 0.963 bits per heavy atom. The van der Waals surface area contributed by atoms with E-state index in [4.69, 9.17) is 5.73 Å². The number of benzene rings is 2. The van der Waals surface area contributed by atoms with Gasteiger partial charge in [0, 0.05) is 43.3 Å². The van der Waals surface area contributed by atoms with Crippen molar-refractivity contribution < 1.29 is 4.79 Å². The molecule has 0 aliphatic carbocycles. The average molecular weight is 359 g/mol. The molecule has 1 aliphatic heterocycles. The van der Waals surface area contributed by atoms with Crippen molar-refractivity contribution in [2.75, 3.05) is 18.0 Å². The van der Waals surface area contributed by atoms with E-state index in [2.05, 4.69) is 51.9 Å². The fraction of sp³-hybridized carbons (Fsp3) is 0.261. The van der Waals surface area contributed by atoms with Crippen molar-refractivity contribution in [3.05, 3.63) is 60.3 Å². The topological polar surface area (TPSA) is 51.3 Å². The van der Waals surface area contributed by atoms with Gasteiger partial charge in [-0.1, -0.05) is 18.2 Å². The first-order valence-electron chi connectivity index (χ1n) is 9.54. The van der Waals surface area contributed by atoms with Crippen LogP contribution in [0.5, 0.6) is 0 Å². The van der Waals surface area contributed by atoms with Crippen LogP contribution < -0.4 is 10.6 Å². The van der Waals surface area contributed by atoms with E-state index in [1.165, 1.54) is 41.8 Å². The third-order valence-corrected chi connectivity index (χ3v) is 5.42. The second-order valence-electron chi connectivity index (χ2n) is 7.23. The van der Waals surface area contributed by atoms with E-state index in [-0.39, 0.29) is 0 Å². The Morgan fingerprint density at radius 3 is 2.48 bits per heavy atom. The predicted molar refractivity (Wildman–Crippen MR) is 113 cm³/mol. The van der Waals surface area contributed by atoms with E-state index in [9.17, 15) is 4.79 Å². The lowest BCUT2D eigenvalue weighted by atomic mass is 10.0. The molecule has 0 unspecified atom stereocenters. The molecule has 1 saturated heterocycles. The summed E-state index contributed by atoms with van der Waals surface area (Å²) in [5, 5.41) is 2.51. The van der Waals surface area contributed by atoms with Gasteiger partial charge in [-0.25, -0.2) is 0 Å². The largest absolute Gasteiger partial charge is 0.372 e. The van der Waals surface area contributed by atoms with Gasteiger partial charge < -0.3 is 15.2 Å². The molecule has 4 heteroatoms. The SMILES string of the molecule is Cn1c(C=CC(N)=O)ccc1-c1ccc2cc(N3CCCCC3)ccc2c1. The summed E-state index contributed by atoms with van der Waals surface area (Å²) in [6.07, 6.45) is 7.06. The number of anilines is 1. The molecule has 0 radical (unpaired) electrons. The summed E-state index contributed by atoms with van der Waals surface area (Å²) in [5.74, 6) is -0.437. The highest BCUT2D eigenvalue weighted by Crippen LogP contribution is 2.29. The summed E-state index contributed by atoms with van der Waals surface area (Å²) >= 11 is 0. The highest BCUT2D eigenvalue weighted by molar-refractivity contribution is 5.91. The molecule has 4 rings (SSSR count). The summed E-state index contributed by atoms with van der Waals surface area (Å²) < 4.78 is 2.07. The molecule has 2 N–H and O–H groups in total. The number of nitrogens with two attached hydrogens (primary N) is 1. The molecular weight excluding hydrogens is 334 g/mol. The minimum atomic E-state index is -0.437. The molecule has 0 bridgehead atoms. The van der Waals surface area contributed by atoms with Gasteiger partial charge in [0.05, 0.1) is 0 Å². The minimum Gasteiger partial charge on any atom is -0.372 e. The van der Waals surface area contributed by atoms with Crippen LogP contribution in [0.1, 0.15) is 25.0 Å².